The molecule has 0 radical (unpaired) electrons. The third-order valence-corrected chi connectivity index (χ3v) is 2.64. The molecule has 1 saturated carbocycles. The Kier molecular flexibility index (Phi) is 4.81. The van der Waals surface area contributed by atoms with Crippen molar-refractivity contribution >= 4 is 40.8 Å². The number of alkyl halides is 3. The van der Waals surface area contributed by atoms with Crippen LogP contribution in [-0.2, 0) is 9.53 Å². The molecule has 1 aliphatic carbocycles. The molecule has 1 fully saturated rings. The molecular weight excluding hydrogens is 246 g/mol. The van der Waals surface area contributed by atoms with Gasteiger partial charge in [-0.3, -0.25) is 4.79 Å². The summed E-state index contributed by atoms with van der Waals surface area (Å²) in [5.74, 6) is -0.216. The lowest BCUT2D eigenvalue weighted by atomic mass is 9.89. The second-order valence-electron chi connectivity index (χ2n) is 3.56. The first-order valence-electron chi connectivity index (χ1n) is 4.72. The van der Waals surface area contributed by atoms with Gasteiger partial charge in [-0.05, 0) is 12.8 Å². The quantitative estimate of drug-likeness (QED) is 0.560. The number of esters is 1. The van der Waals surface area contributed by atoms with E-state index in [1.165, 1.54) is 6.42 Å². The van der Waals surface area contributed by atoms with Gasteiger partial charge in [0.15, 0.2) is 0 Å². The smallest absolute Gasteiger partial charge is 0.309 e. The molecule has 0 aliphatic heterocycles. The van der Waals surface area contributed by atoms with Gasteiger partial charge in [-0.2, -0.15) is 0 Å². The number of halogens is 3. The fourth-order valence-corrected chi connectivity index (χ4v) is 1.77. The van der Waals surface area contributed by atoms with Gasteiger partial charge in [0.05, 0.1) is 5.92 Å². The largest absolute Gasteiger partial charge is 0.461 e. The predicted molar refractivity (Wildman–Crippen MR) is 57.8 cm³/mol. The Balaban J connectivity index is 2.27. The summed E-state index contributed by atoms with van der Waals surface area (Å²) in [5, 5.41) is 0. The molecule has 5 heteroatoms. The van der Waals surface area contributed by atoms with Crippen molar-refractivity contribution in [2.45, 2.75) is 35.9 Å². The minimum absolute atomic E-state index is 0.0103. The Bertz CT molecular complexity index is 195. The van der Waals surface area contributed by atoms with E-state index in [1.54, 1.807) is 0 Å². The lowest BCUT2D eigenvalue weighted by Crippen LogP contribution is -2.24. The summed E-state index contributed by atoms with van der Waals surface area (Å²) < 4.78 is 3.42. The zero-order chi connectivity index (χ0) is 10.6. The van der Waals surface area contributed by atoms with Crippen LogP contribution in [0, 0.1) is 5.92 Å². The van der Waals surface area contributed by atoms with Gasteiger partial charge >= 0.3 is 5.97 Å². The molecule has 0 spiro atoms. The van der Waals surface area contributed by atoms with Gasteiger partial charge < -0.3 is 4.74 Å². The van der Waals surface area contributed by atoms with Gasteiger partial charge in [0.1, 0.15) is 6.61 Å². The highest BCUT2D eigenvalue weighted by Gasteiger charge is 2.26. The molecule has 0 aromatic heterocycles. The zero-order valence-electron chi connectivity index (χ0n) is 7.77. The number of hydrogen-bond acceptors (Lipinski definition) is 2. The van der Waals surface area contributed by atoms with Crippen LogP contribution in [0.25, 0.3) is 0 Å². The van der Waals surface area contributed by atoms with E-state index in [0.717, 1.165) is 25.7 Å². The third-order valence-electron chi connectivity index (χ3n) is 2.32. The highest BCUT2D eigenvalue weighted by Crippen LogP contribution is 2.28. The van der Waals surface area contributed by atoms with E-state index in [4.69, 9.17) is 39.5 Å². The van der Waals surface area contributed by atoms with Gasteiger partial charge in [-0.1, -0.05) is 54.1 Å². The minimum atomic E-state index is -1.50. The van der Waals surface area contributed by atoms with Crippen molar-refractivity contribution < 1.29 is 9.53 Å². The normalized spacial score (nSPS) is 19.4. The van der Waals surface area contributed by atoms with E-state index in [2.05, 4.69) is 0 Å². The average molecular weight is 260 g/mol. The van der Waals surface area contributed by atoms with Gasteiger partial charge in [0.25, 0.3) is 0 Å². The van der Waals surface area contributed by atoms with Gasteiger partial charge in [-0.25, -0.2) is 0 Å². The van der Waals surface area contributed by atoms with Crippen LogP contribution in [0.1, 0.15) is 32.1 Å². The topological polar surface area (TPSA) is 26.3 Å². The highest BCUT2D eigenvalue weighted by molar-refractivity contribution is 6.67. The Morgan fingerprint density at radius 2 is 1.79 bits per heavy atom. The average Bonchev–Trinajstić information content (AvgIpc) is 2.14. The second kappa shape index (κ2) is 5.43. The van der Waals surface area contributed by atoms with Crippen LogP contribution in [0.5, 0.6) is 0 Å². The molecular formula is C9H13Cl3O2. The molecule has 0 N–H and O–H groups in total. The van der Waals surface area contributed by atoms with Crippen molar-refractivity contribution in [1.82, 2.24) is 0 Å². The molecule has 1 aliphatic rings. The molecule has 82 valence electrons. The summed E-state index contributed by atoms with van der Waals surface area (Å²) in [6, 6.07) is 0. The monoisotopic (exact) mass is 258 g/mol. The van der Waals surface area contributed by atoms with Crippen LogP contribution >= 0.6 is 34.8 Å². The number of hydrogen-bond donors (Lipinski definition) is 0. The molecule has 0 bridgehead atoms. The van der Waals surface area contributed by atoms with Crippen LogP contribution in [0.4, 0.5) is 0 Å². The summed E-state index contributed by atoms with van der Waals surface area (Å²) in [7, 11) is 0. The summed E-state index contributed by atoms with van der Waals surface area (Å²) in [4.78, 5) is 11.4. The maximum Gasteiger partial charge on any atom is 0.309 e. The first kappa shape index (κ1) is 12.4. The van der Waals surface area contributed by atoms with Crippen molar-refractivity contribution in [3.8, 4) is 0 Å². The number of carbonyl (C=O) groups excluding carboxylic acids is 1. The second-order valence-corrected chi connectivity index (χ2v) is 6.07. The maximum absolute atomic E-state index is 11.4. The Morgan fingerprint density at radius 1 is 1.21 bits per heavy atom. The first-order chi connectivity index (χ1) is 6.49. The maximum atomic E-state index is 11.4. The van der Waals surface area contributed by atoms with Gasteiger partial charge in [0, 0.05) is 0 Å². The Hall–Kier alpha value is 0.340. The summed E-state index contributed by atoms with van der Waals surface area (Å²) >= 11 is 16.4. The van der Waals surface area contributed by atoms with E-state index >= 15 is 0 Å². The van der Waals surface area contributed by atoms with Crippen LogP contribution in [0.2, 0.25) is 0 Å². The van der Waals surface area contributed by atoms with E-state index < -0.39 is 3.79 Å². The lowest BCUT2D eigenvalue weighted by molar-refractivity contribution is -0.149. The number of rotatable bonds is 2. The van der Waals surface area contributed by atoms with Crippen LogP contribution < -0.4 is 0 Å². The molecule has 0 amide bonds. The van der Waals surface area contributed by atoms with Crippen LogP contribution in [0.3, 0.4) is 0 Å². The van der Waals surface area contributed by atoms with Crippen LogP contribution in [-0.4, -0.2) is 16.4 Å². The van der Waals surface area contributed by atoms with Crippen molar-refractivity contribution in [3.63, 3.8) is 0 Å². The van der Waals surface area contributed by atoms with Crippen molar-refractivity contribution in [2.24, 2.45) is 5.92 Å². The highest BCUT2D eigenvalue weighted by atomic mass is 35.6. The molecule has 0 atom stereocenters. The van der Waals surface area contributed by atoms with Crippen molar-refractivity contribution in [1.29, 1.82) is 0 Å². The summed E-state index contributed by atoms with van der Waals surface area (Å²) in [6.07, 6.45) is 5.19. The van der Waals surface area contributed by atoms with E-state index in [0.29, 0.717) is 0 Å². The van der Waals surface area contributed by atoms with Gasteiger partial charge in [-0.15, -0.1) is 0 Å². The fraction of sp³-hybridized carbons (Fsp3) is 0.889. The molecule has 0 aromatic rings. The molecule has 0 heterocycles. The molecule has 0 aromatic carbocycles. The zero-order valence-corrected chi connectivity index (χ0v) is 10.0. The Labute approximate surface area is 98.8 Å². The molecule has 0 unspecified atom stereocenters. The first-order valence-corrected chi connectivity index (χ1v) is 5.86. The standard InChI is InChI=1S/C9H13Cl3O2/c10-9(11,12)6-14-8(13)7-4-2-1-3-5-7/h7H,1-6H2. The number of carbonyl (C=O) groups is 1. The van der Waals surface area contributed by atoms with E-state index in [9.17, 15) is 4.79 Å². The molecule has 0 saturated heterocycles. The minimum Gasteiger partial charge on any atom is -0.461 e. The van der Waals surface area contributed by atoms with E-state index in [1.807, 2.05) is 0 Å². The molecule has 14 heavy (non-hydrogen) atoms. The van der Waals surface area contributed by atoms with Gasteiger partial charge in [0.2, 0.25) is 3.79 Å². The molecule has 1 rings (SSSR count). The predicted octanol–water partition coefficient (Wildman–Crippen LogP) is 3.48. The summed E-state index contributed by atoms with van der Waals surface area (Å²) in [5.41, 5.74) is 0. The van der Waals surface area contributed by atoms with Crippen molar-refractivity contribution in [2.75, 3.05) is 6.61 Å². The third kappa shape index (κ3) is 4.72. The summed E-state index contributed by atoms with van der Waals surface area (Å²) in [6.45, 7) is -0.160. The van der Waals surface area contributed by atoms with Crippen LogP contribution in [0.15, 0.2) is 0 Å². The Morgan fingerprint density at radius 3 is 2.29 bits per heavy atom. The SMILES string of the molecule is O=C(OCC(Cl)(Cl)Cl)C1CCCCC1. The van der Waals surface area contributed by atoms with E-state index in [-0.39, 0.29) is 18.5 Å². The number of ether oxygens (including phenoxy) is 1. The van der Waals surface area contributed by atoms with Crippen molar-refractivity contribution in [3.05, 3.63) is 0 Å². The lowest BCUT2D eigenvalue weighted by Gasteiger charge is -2.21. The molecule has 2 nitrogen and oxygen atoms in total. The fourth-order valence-electron chi connectivity index (χ4n) is 1.61.